The smallest absolute Gasteiger partial charge is 0.339 e. The van der Waals surface area contributed by atoms with Gasteiger partial charge in [-0.05, 0) is 59.8 Å². The molecule has 2 N–H and O–H groups in total. The van der Waals surface area contributed by atoms with E-state index in [0.29, 0.717) is 5.56 Å². The predicted molar refractivity (Wildman–Crippen MR) is 128 cm³/mol. The normalized spacial score (nSPS) is 15.7. The second-order valence-electron chi connectivity index (χ2n) is 8.54. The zero-order valence-corrected chi connectivity index (χ0v) is 18.5. The number of nitrogens with zero attached hydrogens (tertiary/aromatic N) is 2. The van der Waals surface area contributed by atoms with Crippen molar-refractivity contribution in [1.82, 2.24) is 9.47 Å². The van der Waals surface area contributed by atoms with Crippen LogP contribution in [0.1, 0.15) is 45.5 Å². The average Bonchev–Trinajstić information content (AvgIpc) is 3.05. The minimum Gasteiger partial charge on any atom is -0.494 e. The number of piperidine rings is 1. The van der Waals surface area contributed by atoms with Crippen molar-refractivity contribution in [3.05, 3.63) is 88.0 Å². The third kappa shape index (κ3) is 4.05. The van der Waals surface area contributed by atoms with Gasteiger partial charge in [0.2, 0.25) is 0 Å². The van der Waals surface area contributed by atoms with Crippen LogP contribution in [0.4, 0.5) is 0 Å². The highest BCUT2D eigenvalue weighted by Crippen LogP contribution is 2.39. The van der Waals surface area contributed by atoms with E-state index in [4.69, 9.17) is 4.74 Å². The molecule has 0 atom stereocenters. The Bertz CT molecular complexity index is 1260. The maximum atomic E-state index is 12.9. The highest BCUT2D eigenvalue weighted by molar-refractivity contribution is 5.98. The summed E-state index contributed by atoms with van der Waals surface area (Å²) in [5, 5.41) is 19.6. The first-order valence-electron chi connectivity index (χ1n) is 11.1. The lowest BCUT2D eigenvalue weighted by Gasteiger charge is -2.27. The molecule has 2 aliphatic rings. The van der Waals surface area contributed by atoms with Gasteiger partial charge in [0.1, 0.15) is 0 Å². The molecular weight excluding hydrogens is 416 g/mol. The molecule has 0 bridgehead atoms. The van der Waals surface area contributed by atoms with Gasteiger partial charge in [0.25, 0.3) is 0 Å². The van der Waals surface area contributed by atoms with E-state index in [1.807, 2.05) is 18.2 Å². The number of carbonyl (C=O) groups is 1. The van der Waals surface area contributed by atoms with Crippen LogP contribution in [-0.4, -0.2) is 45.8 Å². The van der Waals surface area contributed by atoms with E-state index < -0.39 is 5.97 Å². The summed E-state index contributed by atoms with van der Waals surface area (Å²) in [5.41, 5.74) is 7.46. The number of ether oxygens (including phenoxy) is 1. The molecule has 0 amide bonds. The van der Waals surface area contributed by atoms with Crippen molar-refractivity contribution in [2.75, 3.05) is 20.1 Å². The topological polar surface area (TPSA) is 74.9 Å². The van der Waals surface area contributed by atoms with Gasteiger partial charge in [-0.3, -0.25) is 0 Å². The summed E-state index contributed by atoms with van der Waals surface area (Å²) in [6, 6.07) is 16.7. The van der Waals surface area contributed by atoms with E-state index in [0.717, 1.165) is 47.2 Å². The third-order valence-electron chi connectivity index (χ3n) is 6.43. The second kappa shape index (κ2) is 8.64. The van der Waals surface area contributed by atoms with E-state index in [2.05, 4.69) is 42.3 Å². The fraction of sp³-hybridized carbons (Fsp3) is 0.222. The van der Waals surface area contributed by atoms with Crippen LogP contribution in [0.15, 0.2) is 60.2 Å². The minimum atomic E-state index is -0.514. The Balaban J connectivity index is 1.53. The van der Waals surface area contributed by atoms with Crippen molar-refractivity contribution in [3.63, 3.8) is 0 Å². The molecule has 6 nitrogen and oxygen atoms in total. The molecule has 6 heteroatoms. The summed E-state index contributed by atoms with van der Waals surface area (Å²) in [4.78, 5) is 15.2. The van der Waals surface area contributed by atoms with Gasteiger partial charge in [0.05, 0.1) is 5.56 Å². The number of carbonyl (C=O) groups excluding carboxylic acids is 1. The zero-order valence-electron chi connectivity index (χ0n) is 18.5. The largest absolute Gasteiger partial charge is 0.494 e. The zero-order chi connectivity index (χ0) is 22.9. The fourth-order valence-corrected chi connectivity index (χ4v) is 4.54. The van der Waals surface area contributed by atoms with Crippen LogP contribution < -0.4 is 0 Å². The van der Waals surface area contributed by atoms with E-state index in [9.17, 15) is 15.0 Å². The molecule has 5 rings (SSSR count). The molecule has 2 heterocycles. The van der Waals surface area contributed by atoms with Crippen LogP contribution in [-0.2, 0) is 11.5 Å². The van der Waals surface area contributed by atoms with Gasteiger partial charge >= 0.3 is 5.97 Å². The highest BCUT2D eigenvalue weighted by atomic mass is 16.5. The van der Waals surface area contributed by atoms with Gasteiger partial charge in [-0.1, -0.05) is 48.1 Å². The van der Waals surface area contributed by atoms with E-state index in [1.165, 1.54) is 28.8 Å². The molecule has 3 aromatic rings. The van der Waals surface area contributed by atoms with Crippen molar-refractivity contribution in [3.8, 4) is 11.8 Å². The van der Waals surface area contributed by atoms with Crippen molar-refractivity contribution < 1.29 is 19.7 Å². The molecule has 168 valence electrons. The van der Waals surface area contributed by atoms with Gasteiger partial charge in [-0.15, -0.1) is 0 Å². The Hall–Kier alpha value is -3.77. The quantitative estimate of drug-likeness (QED) is 0.449. The summed E-state index contributed by atoms with van der Waals surface area (Å²) in [7, 11) is 2.15. The summed E-state index contributed by atoms with van der Waals surface area (Å²) in [6.07, 6.45) is 6.20. The van der Waals surface area contributed by atoms with Gasteiger partial charge in [0.15, 0.2) is 18.5 Å². The number of benzene rings is 2. The SMILES string of the molecule is CN1CCC(=C2c3ccccc3C=Cc3ccc(C(=O)OCn4c(O)ccc4O)cc32)CC1. The Morgan fingerprint density at radius 3 is 2.30 bits per heavy atom. The molecule has 1 aliphatic heterocycles. The Labute approximate surface area is 192 Å². The first-order valence-corrected chi connectivity index (χ1v) is 11.1. The van der Waals surface area contributed by atoms with E-state index in [-0.39, 0.29) is 18.5 Å². The number of aromatic hydroxyl groups is 2. The molecule has 0 unspecified atom stereocenters. The van der Waals surface area contributed by atoms with Crippen molar-refractivity contribution in [2.24, 2.45) is 0 Å². The summed E-state index contributed by atoms with van der Waals surface area (Å²) in [6.45, 7) is 1.74. The number of fused-ring (bicyclic) bond motifs is 2. The molecule has 1 fully saturated rings. The number of hydrogen-bond acceptors (Lipinski definition) is 5. The van der Waals surface area contributed by atoms with Gasteiger partial charge < -0.3 is 19.8 Å². The molecule has 1 aliphatic carbocycles. The van der Waals surface area contributed by atoms with Crippen LogP contribution in [0, 0.1) is 0 Å². The molecule has 33 heavy (non-hydrogen) atoms. The summed E-state index contributed by atoms with van der Waals surface area (Å²) >= 11 is 0. The van der Waals surface area contributed by atoms with Crippen molar-refractivity contribution >= 4 is 23.7 Å². The highest BCUT2D eigenvalue weighted by Gasteiger charge is 2.23. The molecule has 0 saturated carbocycles. The van der Waals surface area contributed by atoms with Crippen LogP contribution >= 0.6 is 0 Å². The van der Waals surface area contributed by atoms with Crippen molar-refractivity contribution in [2.45, 2.75) is 19.6 Å². The second-order valence-corrected chi connectivity index (χ2v) is 8.54. The standard InChI is InChI=1S/C27H26N2O4/c1-28-14-12-20(13-15-28)26-22-5-3-2-4-18(22)6-7-19-8-9-21(16-23(19)26)27(32)33-17-29-24(30)10-11-25(29)31/h2-11,16,30-31H,12-15,17H2,1H3. The number of rotatable bonds is 3. The molecule has 1 aromatic heterocycles. The van der Waals surface area contributed by atoms with Crippen LogP contribution in [0.3, 0.4) is 0 Å². The minimum absolute atomic E-state index is 0.168. The Kier molecular flexibility index (Phi) is 5.52. The fourth-order valence-electron chi connectivity index (χ4n) is 4.54. The molecule has 1 saturated heterocycles. The van der Waals surface area contributed by atoms with Crippen LogP contribution in [0.5, 0.6) is 11.8 Å². The van der Waals surface area contributed by atoms with E-state index >= 15 is 0 Å². The lowest BCUT2D eigenvalue weighted by molar-refractivity contribution is 0.0349. The number of aromatic nitrogens is 1. The van der Waals surface area contributed by atoms with Gasteiger partial charge in [-0.25, -0.2) is 9.36 Å². The third-order valence-corrected chi connectivity index (χ3v) is 6.43. The van der Waals surface area contributed by atoms with Gasteiger partial charge in [-0.2, -0.15) is 0 Å². The summed E-state index contributed by atoms with van der Waals surface area (Å²) < 4.78 is 6.50. The Morgan fingerprint density at radius 2 is 1.58 bits per heavy atom. The average molecular weight is 443 g/mol. The van der Waals surface area contributed by atoms with Crippen LogP contribution in [0.25, 0.3) is 17.7 Å². The van der Waals surface area contributed by atoms with E-state index in [1.54, 1.807) is 6.07 Å². The van der Waals surface area contributed by atoms with Crippen molar-refractivity contribution in [1.29, 1.82) is 0 Å². The first kappa shape index (κ1) is 21.1. The molecule has 0 radical (unpaired) electrons. The maximum absolute atomic E-state index is 12.9. The number of hydrogen-bond donors (Lipinski definition) is 2. The monoisotopic (exact) mass is 442 g/mol. The summed E-state index contributed by atoms with van der Waals surface area (Å²) in [5.74, 6) is -0.851. The predicted octanol–water partition coefficient (Wildman–Crippen LogP) is 4.73. The lowest BCUT2D eigenvalue weighted by Crippen LogP contribution is -2.27. The lowest BCUT2D eigenvalue weighted by atomic mass is 9.85. The number of esters is 1. The van der Waals surface area contributed by atoms with Crippen LogP contribution in [0.2, 0.25) is 0 Å². The Morgan fingerprint density at radius 1 is 0.909 bits per heavy atom. The van der Waals surface area contributed by atoms with Gasteiger partial charge in [0, 0.05) is 25.2 Å². The molecule has 0 spiro atoms. The molecular formula is C27H26N2O4. The maximum Gasteiger partial charge on any atom is 0.339 e. The molecule has 2 aromatic carbocycles. The number of likely N-dealkylation sites (tertiary alicyclic amines) is 1. The first-order chi connectivity index (χ1) is 16.0.